The zero-order valence-corrected chi connectivity index (χ0v) is 18.6. The lowest BCUT2D eigenvalue weighted by molar-refractivity contribution is -0.160. The van der Waals surface area contributed by atoms with Crippen molar-refractivity contribution in [2.45, 2.75) is 76.9 Å². The molecule has 4 atom stereocenters. The number of aliphatic hydroxyl groups is 1. The summed E-state index contributed by atoms with van der Waals surface area (Å²) in [4.78, 5) is 36.7. The Balaban J connectivity index is 1.80. The van der Waals surface area contributed by atoms with Crippen molar-refractivity contribution in [2.24, 2.45) is 0 Å². The second kappa shape index (κ2) is 11.2. The molecule has 0 aromatic carbocycles. The van der Waals surface area contributed by atoms with E-state index in [0.29, 0.717) is 30.4 Å². The molecule has 176 valence electrons. The number of hydrogen-bond donors (Lipinski definition) is 1. The number of rotatable bonds is 11. The van der Waals surface area contributed by atoms with Crippen molar-refractivity contribution in [3.63, 3.8) is 0 Å². The van der Waals surface area contributed by atoms with Crippen LogP contribution in [0.15, 0.2) is 12.7 Å². The quantitative estimate of drug-likeness (QED) is 0.506. The van der Waals surface area contributed by atoms with E-state index in [0.717, 1.165) is 12.8 Å². The normalized spacial score (nSPS) is 22.8. The van der Waals surface area contributed by atoms with Crippen molar-refractivity contribution in [3.8, 4) is 5.88 Å². The fourth-order valence-electron chi connectivity index (χ4n) is 3.50. The van der Waals surface area contributed by atoms with Crippen LogP contribution in [0.4, 0.5) is 0 Å². The Morgan fingerprint density at radius 1 is 1.12 bits per heavy atom. The summed E-state index contributed by atoms with van der Waals surface area (Å²) < 4.78 is 23.6. The van der Waals surface area contributed by atoms with Gasteiger partial charge in [0.2, 0.25) is 5.88 Å². The molecular weight excluding hydrogens is 420 g/mol. The number of esters is 2. The van der Waals surface area contributed by atoms with E-state index in [1.165, 1.54) is 24.3 Å². The maximum absolute atomic E-state index is 12.3. The van der Waals surface area contributed by atoms with E-state index in [4.69, 9.17) is 18.9 Å². The summed E-state index contributed by atoms with van der Waals surface area (Å²) in [5.74, 6) is -0.526. The molecule has 2 aromatic rings. The standard InChI is InChI=1S/C21H30N4O7/c1-4-6-8-14(26)30-10-13-18(32-15(27)9-7-5-2)17(28)21(31-13)25-12-24-16-19(25)22-11-23-20(16)29-3/h11-13,17-18,21,28H,4-10H2,1-3H3/t13-,17+,18-,21-/m1/s1. The number of carbonyl (C=O) groups excluding carboxylic acids is 2. The lowest BCUT2D eigenvalue weighted by Gasteiger charge is -2.20. The molecule has 0 radical (unpaired) electrons. The Morgan fingerprint density at radius 3 is 2.53 bits per heavy atom. The van der Waals surface area contributed by atoms with Crippen molar-refractivity contribution in [1.29, 1.82) is 0 Å². The summed E-state index contributed by atoms with van der Waals surface area (Å²) in [7, 11) is 1.47. The highest BCUT2D eigenvalue weighted by Crippen LogP contribution is 2.34. The molecule has 0 bridgehead atoms. The molecule has 11 nitrogen and oxygen atoms in total. The summed E-state index contributed by atoms with van der Waals surface area (Å²) in [6, 6.07) is 0. The number of imidazole rings is 1. The van der Waals surface area contributed by atoms with Gasteiger partial charge in [-0.3, -0.25) is 14.2 Å². The largest absolute Gasteiger partial charge is 0.479 e. The molecule has 0 saturated carbocycles. The number of unbranched alkanes of at least 4 members (excludes halogenated alkanes) is 2. The zero-order valence-electron chi connectivity index (χ0n) is 18.6. The Morgan fingerprint density at radius 2 is 1.84 bits per heavy atom. The second-order valence-electron chi connectivity index (χ2n) is 7.61. The summed E-state index contributed by atoms with van der Waals surface area (Å²) in [5.41, 5.74) is 0.786. The minimum atomic E-state index is -1.22. The van der Waals surface area contributed by atoms with Gasteiger partial charge in [-0.05, 0) is 12.8 Å². The van der Waals surface area contributed by atoms with Gasteiger partial charge >= 0.3 is 11.9 Å². The van der Waals surface area contributed by atoms with E-state index in [-0.39, 0.29) is 24.9 Å². The minimum Gasteiger partial charge on any atom is -0.479 e. The first-order valence-electron chi connectivity index (χ1n) is 10.9. The van der Waals surface area contributed by atoms with Crippen LogP contribution in [-0.2, 0) is 23.8 Å². The van der Waals surface area contributed by atoms with Gasteiger partial charge in [-0.15, -0.1) is 0 Å². The highest BCUT2D eigenvalue weighted by molar-refractivity contribution is 5.76. The summed E-state index contributed by atoms with van der Waals surface area (Å²) >= 11 is 0. The zero-order chi connectivity index (χ0) is 23.1. The molecule has 2 aromatic heterocycles. The molecule has 1 aliphatic heterocycles. The molecule has 1 aliphatic rings. The maximum Gasteiger partial charge on any atom is 0.306 e. The van der Waals surface area contributed by atoms with Gasteiger partial charge in [0.15, 0.2) is 23.5 Å². The van der Waals surface area contributed by atoms with Crippen LogP contribution in [0.1, 0.15) is 58.6 Å². The number of hydrogen-bond acceptors (Lipinski definition) is 10. The highest BCUT2D eigenvalue weighted by Gasteiger charge is 2.48. The minimum absolute atomic E-state index is 0.146. The lowest BCUT2D eigenvalue weighted by atomic mass is 10.1. The first kappa shape index (κ1) is 23.9. The van der Waals surface area contributed by atoms with Crippen molar-refractivity contribution in [1.82, 2.24) is 19.5 Å². The summed E-state index contributed by atoms with van der Waals surface area (Å²) in [6.45, 7) is 3.80. The molecule has 32 heavy (non-hydrogen) atoms. The van der Waals surface area contributed by atoms with Gasteiger partial charge in [-0.25, -0.2) is 9.97 Å². The van der Waals surface area contributed by atoms with Gasteiger partial charge in [-0.1, -0.05) is 26.7 Å². The SMILES string of the molecule is CCCCC(=O)OC[C@H]1O[C@@H](n2cnc3c(OC)ncnc32)[C@@H](O)[C@@H]1OC(=O)CCCC. The molecular formula is C21H30N4O7. The first-order chi connectivity index (χ1) is 15.5. The third kappa shape index (κ3) is 5.33. The summed E-state index contributed by atoms with van der Waals surface area (Å²) in [5, 5.41) is 11.0. The number of fused-ring (bicyclic) bond motifs is 1. The predicted molar refractivity (Wildman–Crippen MR) is 112 cm³/mol. The van der Waals surface area contributed by atoms with Crippen LogP contribution < -0.4 is 4.74 Å². The third-order valence-corrected chi connectivity index (χ3v) is 5.25. The van der Waals surface area contributed by atoms with Crippen LogP contribution in [0.25, 0.3) is 11.2 Å². The number of carbonyl (C=O) groups is 2. The number of methoxy groups -OCH3 is 1. The van der Waals surface area contributed by atoms with Gasteiger partial charge in [0.25, 0.3) is 0 Å². The topological polar surface area (TPSA) is 135 Å². The average Bonchev–Trinajstić information content (AvgIpc) is 3.36. The third-order valence-electron chi connectivity index (χ3n) is 5.25. The number of nitrogens with zero attached hydrogens (tertiary/aromatic N) is 4. The van der Waals surface area contributed by atoms with Gasteiger partial charge in [0, 0.05) is 12.8 Å². The summed E-state index contributed by atoms with van der Waals surface area (Å²) in [6.07, 6.45) is 2.34. The van der Waals surface area contributed by atoms with E-state index in [9.17, 15) is 14.7 Å². The van der Waals surface area contributed by atoms with E-state index in [1.807, 2.05) is 13.8 Å². The average molecular weight is 450 g/mol. The van der Waals surface area contributed by atoms with Gasteiger partial charge < -0.3 is 24.1 Å². The molecule has 0 aliphatic carbocycles. The van der Waals surface area contributed by atoms with Crippen LogP contribution in [0, 0.1) is 0 Å². The number of ether oxygens (including phenoxy) is 4. The van der Waals surface area contributed by atoms with Gasteiger partial charge in [0.05, 0.1) is 13.4 Å². The van der Waals surface area contributed by atoms with Gasteiger partial charge in [-0.2, -0.15) is 4.98 Å². The smallest absolute Gasteiger partial charge is 0.306 e. The monoisotopic (exact) mass is 450 g/mol. The second-order valence-corrected chi connectivity index (χ2v) is 7.61. The Labute approximate surface area is 186 Å². The van der Waals surface area contributed by atoms with Crippen LogP contribution >= 0.6 is 0 Å². The fraction of sp³-hybridized carbons (Fsp3) is 0.667. The molecule has 3 rings (SSSR count). The van der Waals surface area contributed by atoms with Crippen molar-refractivity contribution < 1.29 is 33.6 Å². The molecule has 0 unspecified atom stereocenters. The van der Waals surface area contributed by atoms with Crippen molar-refractivity contribution >= 4 is 23.1 Å². The van der Waals surface area contributed by atoms with Crippen LogP contribution in [-0.4, -0.2) is 68.6 Å². The Hall–Kier alpha value is -2.79. The maximum atomic E-state index is 12.3. The van der Waals surface area contributed by atoms with E-state index in [1.54, 1.807) is 0 Å². The van der Waals surface area contributed by atoms with E-state index >= 15 is 0 Å². The first-order valence-corrected chi connectivity index (χ1v) is 10.9. The van der Waals surface area contributed by atoms with Crippen molar-refractivity contribution in [3.05, 3.63) is 12.7 Å². The fourth-order valence-corrected chi connectivity index (χ4v) is 3.50. The molecule has 11 heteroatoms. The van der Waals surface area contributed by atoms with E-state index in [2.05, 4.69) is 15.0 Å². The van der Waals surface area contributed by atoms with Crippen LogP contribution in [0.5, 0.6) is 5.88 Å². The molecule has 1 fully saturated rings. The molecule has 0 amide bonds. The lowest BCUT2D eigenvalue weighted by Crippen LogP contribution is -2.38. The molecule has 1 N–H and O–H groups in total. The van der Waals surface area contributed by atoms with Crippen LogP contribution in [0.2, 0.25) is 0 Å². The number of aliphatic hydroxyl groups excluding tert-OH is 1. The molecule has 0 spiro atoms. The Kier molecular flexibility index (Phi) is 8.34. The predicted octanol–water partition coefficient (Wildman–Crippen LogP) is 1.93. The molecule has 1 saturated heterocycles. The molecule has 3 heterocycles. The highest BCUT2D eigenvalue weighted by atomic mass is 16.6. The van der Waals surface area contributed by atoms with Gasteiger partial charge in [0.1, 0.15) is 25.1 Å². The van der Waals surface area contributed by atoms with Crippen molar-refractivity contribution in [2.75, 3.05) is 13.7 Å². The Bertz CT molecular complexity index is 919. The van der Waals surface area contributed by atoms with E-state index < -0.39 is 30.5 Å². The number of aromatic nitrogens is 4. The van der Waals surface area contributed by atoms with Crippen LogP contribution in [0.3, 0.4) is 0 Å².